The number of carbonyl (C=O) groups is 1. The lowest BCUT2D eigenvalue weighted by Gasteiger charge is -2.23. The first-order valence-corrected chi connectivity index (χ1v) is 5.62. The molecule has 0 spiro atoms. The number of hydrogen-bond acceptors (Lipinski definition) is 5. The number of nitrogens with zero attached hydrogens (tertiary/aromatic N) is 2. The SMILES string of the molecule is CCOC(=O)c1cc(N(C)C(C)C)ncc1N. The smallest absolute Gasteiger partial charge is 0.340 e. The summed E-state index contributed by atoms with van der Waals surface area (Å²) in [5.74, 6) is 0.294. The third-order valence-corrected chi connectivity index (χ3v) is 2.55. The Balaban J connectivity index is 3.06. The molecule has 0 saturated heterocycles. The molecule has 0 bridgehead atoms. The van der Waals surface area contributed by atoms with Gasteiger partial charge in [-0.05, 0) is 26.8 Å². The van der Waals surface area contributed by atoms with Crippen molar-refractivity contribution in [3.8, 4) is 0 Å². The summed E-state index contributed by atoms with van der Waals surface area (Å²) >= 11 is 0. The zero-order valence-electron chi connectivity index (χ0n) is 10.7. The number of rotatable bonds is 4. The van der Waals surface area contributed by atoms with E-state index < -0.39 is 5.97 Å². The predicted molar refractivity (Wildman–Crippen MR) is 68.1 cm³/mol. The van der Waals surface area contributed by atoms with Crippen molar-refractivity contribution in [2.75, 3.05) is 24.3 Å². The summed E-state index contributed by atoms with van der Waals surface area (Å²) in [5, 5.41) is 0. The third kappa shape index (κ3) is 3.09. The van der Waals surface area contributed by atoms with Crippen LogP contribution in [0.25, 0.3) is 0 Å². The molecule has 1 rings (SSSR count). The molecule has 0 saturated carbocycles. The quantitative estimate of drug-likeness (QED) is 0.807. The van der Waals surface area contributed by atoms with Crippen LogP contribution in [-0.2, 0) is 4.74 Å². The lowest BCUT2D eigenvalue weighted by atomic mass is 10.2. The summed E-state index contributed by atoms with van der Waals surface area (Å²) in [6.07, 6.45) is 1.49. The Morgan fingerprint density at radius 1 is 1.59 bits per heavy atom. The average molecular weight is 237 g/mol. The van der Waals surface area contributed by atoms with Crippen molar-refractivity contribution in [1.82, 2.24) is 4.98 Å². The van der Waals surface area contributed by atoms with Crippen molar-refractivity contribution in [2.24, 2.45) is 0 Å². The Morgan fingerprint density at radius 3 is 2.76 bits per heavy atom. The molecule has 17 heavy (non-hydrogen) atoms. The number of pyridine rings is 1. The molecule has 5 heteroatoms. The first kappa shape index (κ1) is 13.3. The first-order chi connectivity index (χ1) is 7.97. The van der Waals surface area contributed by atoms with E-state index in [0.29, 0.717) is 29.7 Å². The van der Waals surface area contributed by atoms with Gasteiger partial charge in [0.1, 0.15) is 5.82 Å². The van der Waals surface area contributed by atoms with Gasteiger partial charge in [-0.1, -0.05) is 0 Å². The van der Waals surface area contributed by atoms with E-state index in [1.165, 1.54) is 6.20 Å². The van der Waals surface area contributed by atoms with Crippen LogP contribution in [0.2, 0.25) is 0 Å². The number of ether oxygens (including phenoxy) is 1. The molecule has 1 heterocycles. The van der Waals surface area contributed by atoms with E-state index in [-0.39, 0.29) is 0 Å². The Hall–Kier alpha value is -1.78. The fraction of sp³-hybridized carbons (Fsp3) is 0.500. The van der Waals surface area contributed by atoms with Crippen molar-refractivity contribution in [2.45, 2.75) is 26.8 Å². The normalized spacial score (nSPS) is 10.4. The molecular formula is C12H19N3O2. The van der Waals surface area contributed by atoms with Crippen LogP contribution in [0.1, 0.15) is 31.1 Å². The highest BCUT2D eigenvalue weighted by Crippen LogP contribution is 2.19. The fourth-order valence-corrected chi connectivity index (χ4v) is 1.30. The number of aromatic nitrogens is 1. The standard InChI is InChI=1S/C12H19N3O2/c1-5-17-12(16)9-6-11(14-7-10(9)13)15(4)8(2)3/h6-8H,5,13H2,1-4H3. The highest BCUT2D eigenvalue weighted by Gasteiger charge is 2.15. The van der Waals surface area contributed by atoms with Crippen LogP contribution in [0.3, 0.4) is 0 Å². The predicted octanol–water partition coefficient (Wildman–Crippen LogP) is 1.69. The zero-order chi connectivity index (χ0) is 13.0. The molecule has 5 nitrogen and oxygen atoms in total. The molecule has 1 aromatic rings. The Bertz CT molecular complexity index is 405. The van der Waals surface area contributed by atoms with Gasteiger partial charge in [-0.2, -0.15) is 0 Å². The number of carbonyl (C=O) groups excluding carboxylic acids is 1. The van der Waals surface area contributed by atoms with Crippen molar-refractivity contribution < 1.29 is 9.53 Å². The van der Waals surface area contributed by atoms with Crippen LogP contribution < -0.4 is 10.6 Å². The second kappa shape index (κ2) is 5.52. The average Bonchev–Trinajstić information content (AvgIpc) is 2.28. The number of anilines is 2. The minimum Gasteiger partial charge on any atom is -0.462 e. The molecule has 0 unspecified atom stereocenters. The largest absolute Gasteiger partial charge is 0.462 e. The highest BCUT2D eigenvalue weighted by atomic mass is 16.5. The highest BCUT2D eigenvalue weighted by molar-refractivity contribution is 5.95. The van der Waals surface area contributed by atoms with Gasteiger partial charge in [0.2, 0.25) is 0 Å². The molecule has 0 fully saturated rings. The van der Waals surface area contributed by atoms with Crippen molar-refractivity contribution >= 4 is 17.5 Å². The Kier molecular flexibility index (Phi) is 4.31. The molecule has 0 aliphatic carbocycles. The van der Waals surface area contributed by atoms with Crippen molar-refractivity contribution in [3.63, 3.8) is 0 Å². The third-order valence-electron chi connectivity index (χ3n) is 2.55. The molecule has 0 radical (unpaired) electrons. The van der Waals surface area contributed by atoms with Crippen LogP contribution in [0.15, 0.2) is 12.3 Å². The number of esters is 1. The molecule has 2 N–H and O–H groups in total. The van der Waals surface area contributed by atoms with E-state index in [4.69, 9.17) is 10.5 Å². The van der Waals surface area contributed by atoms with E-state index in [0.717, 1.165) is 0 Å². The maximum atomic E-state index is 11.7. The van der Waals surface area contributed by atoms with Gasteiger partial charge < -0.3 is 15.4 Å². The molecule has 0 aliphatic heterocycles. The summed E-state index contributed by atoms with van der Waals surface area (Å²) in [6, 6.07) is 1.95. The molecule has 0 atom stereocenters. The van der Waals surface area contributed by atoms with Crippen molar-refractivity contribution in [1.29, 1.82) is 0 Å². The van der Waals surface area contributed by atoms with Crippen LogP contribution in [0.4, 0.5) is 11.5 Å². The summed E-state index contributed by atoms with van der Waals surface area (Å²) in [4.78, 5) is 17.8. The minimum absolute atomic E-state index is 0.293. The van der Waals surface area contributed by atoms with Crippen LogP contribution >= 0.6 is 0 Å². The molecule has 0 aromatic carbocycles. The topological polar surface area (TPSA) is 68.5 Å². The molecule has 0 aliphatic rings. The second-order valence-electron chi connectivity index (χ2n) is 4.05. The van der Waals surface area contributed by atoms with E-state index >= 15 is 0 Å². The Morgan fingerprint density at radius 2 is 2.24 bits per heavy atom. The Labute approximate surface area is 102 Å². The van der Waals surface area contributed by atoms with Gasteiger partial charge in [0.25, 0.3) is 0 Å². The summed E-state index contributed by atoms with van der Waals surface area (Å²) in [5.41, 5.74) is 6.42. The second-order valence-corrected chi connectivity index (χ2v) is 4.05. The summed E-state index contributed by atoms with van der Waals surface area (Å²) in [6.45, 7) is 6.18. The summed E-state index contributed by atoms with van der Waals surface area (Å²) in [7, 11) is 1.91. The van der Waals surface area contributed by atoms with Gasteiger partial charge in [0, 0.05) is 13.1 Å². The van der Waals surface area contributed by atoms with Gasteiger partial charge in [0.05, 0.1) is 24.1 Å². The van der Waals surface area contributed by atoms with Crippen LogP contribution in [0.5, 0.6) is 0 Å². The monoisotopic (exact) mass is 237 g/mol. The van der Waals surface area contributed by atoms with Gasteiger partial charge in [-0.25, -0.2) is 9.78 Å². The van der Waals surface area contributed by atoms with Gasteiger partial charge in [0.15, 0.2) is 0 Å². The lowest BCUT2D eigenvalue weighted by molar-refractivity contribution is 0.0527. The lowest BCUT2D eigenvalue weighted by Crippen LogP contribution is -2.27. The van der Waals surface area contributed by atoms with E-state index in [9.17, 15) is 4.79 Å². The van der Waals surface area contributed by atoms with Gasteiger partial charge in [-0.15, -0.1) is 0 Å². The number of nitrogens with two attached hydrogens (primary N) is 1. The van der Waals surface area contributed by atoms with Crippen LogP contribution in [-0.4, -0.2) is 30.6 Å². The molecule has 1 aromatic heterocycles. The number of nitrogen functional groups attached to an aromatic ring is 1. The molecule has 94 valence electrons. The van der Waals surface area contributed by atoms with Crippen molar-refractivity contribution in [3.05, 3.63) is 17.8 Å². The van der Waals surface area contributed by atoms with Crippen LogP contribution in [0, 0.1) is 0 Å². The maximum Gasteiger partial charge on any atom is 0.340 e. The maximum absolute atomic E-state index is 11.7. The minimum atomic E-state index is -0.411. The number of hydrogen-bond donors (Lipinski definition) is 1. The molecule has 0 amide bonds. The fourth-order valence-electron chi connectivity index (χ4n) is 1.30. The van der Waals surface area contributed by atoms with Gasteiger partial charge >= 0.3 is 5.97 Å². The van der Waals surface area contributed by atoms with Gasteiger partial charge in [-0.3, -0.25) is 0 Å². The van der Waals surface area contributed by atoms with E-state index in [2.05, 4.69) is 4.98 Å². The van der Waals surface area contributed by atoms with E-state index in [1.54, 1.807) is 13.0 Å². The first-order valence-electron chi connectivity index (χ1n) is 5.62. The summed E-state index contributed by atoms with van der Waals surface area (Å²) < 4.78 is 4.94. The molecular weight excluding hydrogens is 218 g/mol. The van der Waals surface area contributed by atoms with E-state index in [1.807, 2.05) is 25.8 Å². The zero-order valence-corrected chi connectivity index (χ0v) is 10.7.